The quantitative estimate of drug-likeness (QED) is 0.506. The maximum Gasteiger partial charge on any atom is 0.269 e. The summed E-state index contributed by atoms with van der Waals surface area (Å²) < 4.78 is 0. The monoisotopic (exact) mass is 292 g/mol. The van der Waals surface area contributed by atoms with E-state index in [0.717, 1.165) is 25.7 Å². The number of hydrogen-bond acceptors (Lipinski definition) is 4. The van der Waals surface area contributed by atoms with Gasteiger partial charge in [-0.05, 0) is 25.0 Å². The largest absolute Gasteiger partial charge is 0.388 e. The van der Waals surface area contributed by atoms with E-state index in [1.54, 1.807) is 0 Å². The molecule has 0 unspecified atom stereocenters. The molecule has 1 aromatic rings. The molecule has 1 fully saturated rings. The number of nitro groups is 1. The molecule has 1 aromatic carbocycles. The summed E-state index contributed by atoms with van der Waals surface area (Å²) in [6.07, 6.45) is 5.60. The maximum absolute atomic E-state index is 12.0. The zero-order valence-corrected chi connectivity index (χ0v) is 11.9. The first-order valence-corrected chi connectivity index (χ1v) is 7.25. The van der Waals surface area contributed by atoms with Crippen molar-refractivity contribution in [3.8, 4) is 0 Å². The minimum Gasteiger partial charge on any atom is -0.388 e. The lowest BCUT2D eigenvalue weighted by molar-refractivity contribution is -0.384. The Morgan fingerprint density at radius 2 is 1.76 bits per heavy atom. The summed E-state index contributed by atoms with van der Waals surface area (Å²) in [7, 11) is 0. The van der Waals surface area contributed by atoms with Gasteiger partial charge in [-0.1, -0.05) is 25.7 Å². The molecular weight excluding hydrogens is 272 g/mol. The van der Waals surface area contributed by atoms with Gasteiger partial charge in [-0.2, -0.15) is 0 Å². The predicted octanol–water partition coefficient (Wildman–Crippen LogP) is 2.41. The van der Waals surface area contributed by atoms with Crippen molar-refractivity contribution in [1.29, 1.82) is 0 Å². The molecule has 0 spiro atoms. The van der Waals surface area contributed by atoms with Gasteiger partial charge in [0.2, 0.25) is 0 Å². The van der Waals surface area contributed by atoms with Crippen molar-refractivity contribution in [3.05, 3.63) is 39.9 Å². The van der Waals surface area contributed by atoms with E-state index >= 15 is 0 Å². The molecule has 0 aliphatic heterocycles. The third-order valence-corrected chi connectivity index (χ3v) is 3.95. The van der Waals surface area contributed by atoms with Gasteiger partial charge in [0.1, 0.15) is 0 Å². The molecule has 0 radical (unpaired) electrons. The van der Waals surface area contributed by atoms with E-state index in [1.807, 2.05) is 0 Å². The van der Waals surface area contributed by atoms with Crippen LogP contribution in [-0.2, 0) is 0 Å². The zero-order chi connectivity index (χ0) is 15.3. The van der Waals surface area contributed by atoms with Crippen LogP contribution in [0.5, 0.6) is 0 Å². The number of amides is 1. The van der Waals surface area contributed by atoms with E-state index in [9.17, 15) is 20.0 Å². The van der Waals surface area contributed by atoms with Crippen LogP contribution in [0.25, 0.3) is 0 Å². The smallest absolute Gasteiger partial charge is 0.269 e. The summed E-state index contributed by atoms with van der Waals surface area (Å²) in [5, 5.41) is 23.7. The Kier molecular flexibility index (Phi) is 4.90. The molecule has 0 aromatic heterocycles. The van der Waals surface area contributed by atoms with E-state index < -0.39 is 10.5 Å². The van der Waals surface area contributed by atoms with Gasteiger partial charge in [0.15, 0.2) is 0 Å². The van der Waals surface area contributed by atoms with Crippen LogP contribution in [0.2, 0.25) is 0 Å². The molecule has 21 heavy (non-hydrogen) atoms. The fourth-order valence-electron chi connectivity index (χ4n) is 2.64. The predicted molar refractivity (Wildman–Crippen MR) is 78.1 cm³/mol. The third-order valence-electron chi connectivity index (χ3n) is 3.95. The van der Waals surface area contributed by atoms with E-state index in [2.05, 4.69) is 5.32 Å². The second-order valence-corrected chi connectivity index (χ2v) is 5.63. The molecule has 114 valence electrons. The number of nitro benzene ring substituents is 1. The first-order chi connectivity index (χ1) is 10.0. The van der Waals surface area contributed by atoms with Crippen LogP contribution in [-0.4, -0.2) is 28.1 Å². The number of benzene rings is 1. The number of nitrogens with one attached hydrogen (secondary N) is 1. The highest BCUT2D eigenvalue weighted by molar-refractivity contribution is 5.94. The van der Waals surface area contributed by atoms with Gasteiger partial charge in [0, 0.05) is 24.2 Å². The second-order valence-electron chi connectivity index (χ2n) is 5.63. The summed E-state index contributed by atoms with van der Waals surface area (Å²) in [6, 6.07) is 5.44. The van der Waals surface area contributed by atoms with Crippen molar-refractivity contribution < 1.29 is 14.8 Å². The minimum absolute atomic E-state index is 0.0473. The highest BCUT2D eigenvalue weighted by Crippen LogP contribution is 2.26. The van der Waals surface area contributed by atoms with Crippen molar-refractivity contribution in [2.45, 2.75) is 44.1 Å². The van der Waals surface area contributed by atoms with E-state index in [-0.39, 0.29) is 18.1 Å². The van der Waals surface area contributed by atoms with Crippen LogP contribution < -0.4 is 5.32 Å². The van der Waals surface area contributed by atoms with Gasteiger partial charge in [0.25, 0.3) is 11.6 Å². The average Bonchev–Trinajstić information content (AvgIpc) is 2.70. The number of non-ortho nitro benzene ring substituents is 1. The van der Waals surface area contributed by atoms with Crippen molar-refractivity contribution in [2.24, 2.45) is 0 Å². The van der Waals surface area contributed by atoms with Crippen molar-refractivity contribution in [2.75, 3.05) is 6.54 Å². The number of aliphatic hydroxyl groups is 1. The molecule has 1 saturated carbocycles. The fourth-order valence-corrected chi connectivity index (χ4v) is 2.64. The third kappa shape index (κ3) is 4.26. The van der Waals surface area contributed by atoms with Crippen molar-refractivity contribution in [1.82, 2.24) is 5.32 Å². The molecule has 0 saturated heterocycles. The molecule has 2 N–H and O–H groups in total. The van der Waals surface area contributed by atoms with Crippen LogP contribution >= 0.6 is 0 Å². The number of nitrogens with zero attached hydrogens (tertiary/aromatic N) is 1. The van der Waals surface area contributed by atoms with Crippen LogP contribution in [0.15, 0.2) is 24.3 Å². The Morgan fingerprint density at radius 1 is 1.19 bits per heavy atom. The van der Waals surface area contributed by atoms with Crippen LogP contribution in [0.4, 0.5) is 5.69 Å². The Balaban J connectivity index is 1.93. The molecule has 2 rings (SSSR count). The molecule has 1 amide bonds. The molecule has 0 bridgehead atoms. The molecule has 1 aliphatic carbocycles. The van der Waals surface area contributed by atoms with Gasteiger partial charge in [0.05, 0.1) is 10.5 Å². The SMILES string of the molecule is O=C(NCC1(O)CCCCCC1)c1ccc([N+](=O)[O-])cc1. The second kappa shape index (κ2) is 6.67. The molecule has 6 nitrogen and oxygen atoms in total. The highest BCUT2D eigenvalue weighted by atomic mass is 16.6. The number of hydrogen-bond donors (Lipinski definition) is 2. The van der Waals surface area contributed by atoms with Crippen LogP contribution in [0, 0.1) is 10.1 Å². The van der Waals surface area contributed by atoms with Crippen molar-refractivity contribution in [3.63, 3.8) is 0 Å². The number of rotatable bonds is 4. The molecule has 1 aliphatic rings. The molecule has 0 heterocycles. The lowest BCUT2D eigenvalue weighted by atomic mass is 9.94. The van der Waals surface area contributed by atoms with Crippen molar-refractivity contribution >= 4 is 11.6 Å². The summed E-state index contributed by atoms with van der Waals surface area (Å²) in [5.74, 6) is -0.317. The first kappa shape index (κ1) is 15.4. The number of carbonyl (C=O) groups is 1. The topological polar surface area (TPSA) is 92.5 Å². The Labute approximate surface area is 123 Å². The zero-order valence-electron chi connectivity index (χ0n) is 11.9. The Morgan fingerprint density at radius 3 is 2.29 bits per heavy atom. The minimum atomic E-state index is -0.826. The summed E-state index contributed by atoms with van der Waals surface area (Å²) >= 11 is 0. The lowest BCUT2D eigenvalue weighted by Crippen LogP contribution is -2.42. The van der Waals surface area contributed by atoms with Crippen LogP contribution in [0.3, 0.4) is 0 Å². The van der Waals surface area contributed by atoms with Crippen LogP contribution in [0.1, 0.15) is 48.9 Å². The maximum atomic E-state index is 12.0. The Hall–Kier alpha value is -1.95. The fraction of sp³-hybridized carbons (Fsp3) is 0.533. The number of carbonyl (C=O) groups excluding carboxylic acids is 1. The van der Waals surface area contributed by atoms with E-state index in [1.165, 1.54) is 24.3 Å². The van der Waals surface area contributed by atoms with E-state index in [4.69, 9.17) is 0 Å². The van der Waals surface area contributed by atoms with Gasteiger partial charge in [-0.3, -0.25) is 14.9 Å². The van der Waals surface area contributed by atoms with E-state index in [0.29, 0.717) is 18.4 Å². The lowest BCUT2D eigenvalue weighted by Gasteiger charge is -2.26. The summed E-state index contributed by atoms with van der Waals surface area (Å²) in [4.78, 5) is 22.1. The first-order valence-electron chi connectivity index (χ1n) is 7.25. The van der Waals surface area contributed by atoms with Gasteiger partial charge >= 0.3 is 0 Å². The standard InChI is InChI=1S/C15H20N2O4/c18-14(12-5-7-13(8-6-12)17(20)21)16-11-15(19)9-3-1-2-4-10-15/h5-8,19H,1-4,9-11H2,(H,16,18). The normalized spacial score (nSPS) is 17.8. The molecule has 0 atom stereocenters. The van der Waals surface area contributed by atoms with Gasteiger partial charge in [-0.15, -0.1) is 0 Å². The van der Waals surface area contributed by atoms with Gasteiger partial charge in [-0.25, -0.2) is 0 Å². The summed E-state index contributed by atoms with van der Waals surface area (Å²) in [6.45, 7) is 0.225. The molecule has 6 heteroatoms. The van der Waals surface area contributed by atoms with Gasteiger partial charge < -0.3 is 10.4 Å². The Bertz CT molecular complexity index is 505. The summed E-state index contributed by atoms with van der Waals surface area (Å²) in [5.41, 5.74) is -0.515. The average molecular weight is 292 g/mol. The molecular formula is C15H20N2O4. The highest BCUT2D eigenvalue weighted by Gasteiger charge is 2.28.